The molecule has 0 bridgehead atoms. The van der Waals surface area contributed by atoms with Crippen molar-refractivity contribution in [1.82, 2.24) is 4.90 Å². The monoisotopic (exact) mass is 359 g/mol. The summed E-state index contributed by atoms with van der Waals surface area (Å²) < 4.78 is 10.8. The number of carbonyl (C=O) groups is 2. The molecule has 26 heavy (non-hydrogen) atoms. The lowest BCUT2D eigenvalue weighted by Crippen LogP contribution is -2.44. The molecule has 1 aliphatic heterocycles. The lowest BCUT2D eigenvalue weighted by Gasteiger charge is -2.35. The standard InChI is InChI=1S/C20H25NO5/c1-4-13-26-16-7-5-15(14-17(16)25-3)6-8-18(22)21-11-9-20(2,10-12-21)19(23)24/h4-8,14H,1,9-13H2,2-3H3,(H,23,24)/b8-6+. The van der Waals surface area contributed by atoms with E-state index in [-0.39, 0.29) is 5.91 Å². The van der Waals surface area contributed by atoms with Crippen molar-refractivity contribution in [2.24, 2.45) is 5.41 Å². The molecule has 0 aliphatic carbocycles. The van der Waals surface area contributed by atoms with Crippen molar-refractivity contribution in [2.45, 2.75) is 19.8 Å². The Kier molecular flexibility index (Phi) is 6.44. The van der Waals surface area contributed by atoms with Gasteiger partial charge in [0.25, 0.3) is 0 Å². The van der Waals surface area contributed by atoms with Gasteiger partial charge in [0.05, 0.1) is 12.5 Å². The topological polar surface area (TPSA) is 76.1 Å². The van der Waals surface area contributed by atoms with Crippen molar-refractivity contribution in [2.75, 3.05) is 26.8 Å². The van der Waals surface area contributed by atoms with Gasteiger partial charge in [-0.25, -0.2) is 0 Å². The van der Waals surface area contributed by atoms with E-state index in [1.165, 1.54) is 6.08 Å². The number of ether oxygens (including phenoxy) is 2. The average Bonchev–Trinajstić information content (AvgIpc) is 2.65. The third-order valence-electron chi connectivity index (χ3n) is 4.66. The Morgan fingerprint density at radius 2 is 2.00 bits per heavy atom. The highest BCUT2D eigenvalue weighted by molar-refractivity contribution is 5.92. The van der Waals surface area contributed by atoms with Crippen LogP contribution in [0.4, 0.5) is 0 Å². The van der Waals surface area contributed by atoms with Crippen LogP contribution in [0.1, 0.15) is 25.3 Å². The van der Waals surface area contributed by atoms with E-state index in [4.69, 9.17) is 9.47 Å². The summed E-state index contributed by atoms with van der Waals surface area (Å²) >= 11 is 0. The molecule has 0 unspecified atom stereocenters. The highest BCUT2D eigenvalue weighted by Crippen LogP contribution is 2.31. The van der Waals surface area contributed by atoms with Crippen LogP contribution < -0.4 is 9.47 Å². The highest BCUT2D eigenvalue weighted by atomic mass is 16.5. The zero-order valence-electron chi connectivity index (χ0n) is 15.2. The van der Waals surface area contributed by atoms with Gasteiger partial charge < -0.3 is 19.5 Å². The molecule has 140 valence electrons. The Hall–Kier alpha value is -2.76. The Balaban J connectivity index is 2.00. The van der Waals surface area contributed by atoms with Crippen LogP contribution in [0.15, 0.2) is 36.9 Å². The van der Waals surface area contributed by atoms with Crippen molar-refractivity contribution in [3.8, 4) is 11.5 Å². The summed E-state index contributed by atoms with van der Waals surface area (Å²) in [5.41, 5.74) is 0.0725. The maximum atomic E-state index is 12.3. The minimum absolute atomic E-state index is 0.122. The van der Waals surface area contributed by atoms with Gasteiger partial charge in [-0.15, -0.1) is 0 Å². The fourth-order valence-corrected chi connectivity index (χ4v) is 2.76. The van der Waals surface area contributed by atoms with E-state index in [9.17, 15) is 14.7 Å². The predicted octanol–water partition coefficient (Wildman–Crippen LogP) is 2.99. The van der Waals surface area contributed by atoms with Gasteiger partial charge in [0.1, 0.15) is 6.61 Å². The molecular weight excluding hydrogens is 334 g/mol. The van der Waals surface area contributed by atoms with E-state index in [0.717, 1.165) is 5.56 Å². The first kappa shape index (κ1) is 19.6. The van der Waals surface area contributed by atoms with E-state index in [0.29, 0.717) is 44.0 Å². The number of benzene rings is 1. The van der Waals surface area contributed by atoms with Crippen LogP contribution in [0.3, 0.4) is 0 Å². The SMILES string of the molecule is C=CCOc1ccc(/C=C/C(=O)N2CCC(C)(C(=O)O)CC2)cc1OC. The fraction of sp³-hybridized carbons (Fsp3) is 0.400. The first-order chi connectivity index (χ1) is 12.4. The molecule has 0 radical (unpaired) electrons. The number of carboxylic acids is 1. The molecule has 1 aromatic rings. The van der Waals surface area contributed by atoms with Crippen LogP contribution in [0.5, 0.6) is 11.5 Å². The molecule has 1 aliphatic rings. The second-order valence-electron chi connectivity index (χ2n) is 6.53. The fourth-order valence-electron chi connectivity index (χ4n) is 2.76. The molecule has 0 spiro atoms. The van der Waals surface area contributed by atoms with E-state index >= 15 is 0 Å². The average molecular weight is 359 g/mol. The maximum absolute atomic E-state index is 12.3. The first-order valence-corrected chi connectivity index (χ1v) is 8.52. The number of aliphatic carboxylic acids is 1. The maximum Gasteiger partial charge on any atom is 0.309 e. The Morgan fingerprint density at radius 1 is 1.31 bits per heavy atom. The summed E-state index contributed by atoms with van der Waals surface area (Å²) in [4.78, 5) is 25.3. The molecule has 6 nitrogen and oxygen atoms in total. The molecule has 1 heterocycles. The van der Waals surface area contributed by atoms with Crippen LogP contribution in [0.25, 0.3) is 6.08 Å². The number of carboxylic acid groups (broad SMARTS) is 1. The molecule has 0 aromatic heterocycles. The number of amides is 1. The van der Waals surface area contributed by atoms with E-state index in [1.54, 1.807) is 43.2 Å². The van der Waals surface area contributed by atoms with Crippen molar-refractivity contribution < 1.29 is 24.2 Å². The van der Waals surface area contributed by atoms with E-state index in [2.05, 4.69) is 6.58 Å². The van der Waals surface area contributed by atoms with Gasteiger partial charge in [-0.3, -0.25) is 9.59 Å². The second-order valence-corrected chi connectivity index (χ2v) is 6.53. The molecule has 0 atom stereocenters. The summed E-state index contributed by atoms with van der Waals surface area (Å²) in [6, 6.07) is 5.41. The summed E-state index contributed by atoms with van der Waals surface area (Å²) in [5.74, 6) is 0.269. The molecule has 1 aromatic carbocycles. The number of nitrogens with zero attached hydrogens (tertiary/aromatic N) is 1. The molecule has 1 saturated heterocycles. The first-order valence-electron chi connectivity index (χ1n) is 8.52. The predicted molar refractivity (Wildman–Crippen MR) is 99.3 cm³/mol. The summed E-state index contributed by atoms with van der Waals surface area (Å²) in [7, 11) is 1.56. The smallest absolute Gasteiger partial charge is 0.309 e. The third kappa shape index (κ3) is 4.65. The van der Waals surface area contributed by atoms with Crippen molar-refractivity contribution in [3.63, 3.8) is 0 Å². The lowest BCUT2D eigenvalue weighted by atomic mass is 9.80. The van der Waals surface area contributed by atoms with Crippen molar-refractivity contribution >= 4 is 18.0 Å². The van der Waals surface area contributed by atoms with Gasteiger partial charge in [-0.05, 0) is 43.5 Å². The number of hydrogen-bond donors (Lipinski definition) is 1. The van der Waals surface area contributed by atoms with E-state index < -0.39 is 11.4 Å². The molecule has 0 saturated carbocycles. The van der Waals surface area contributed by atoms with Gasteiger partial charge in [0.15, 0.2) is 11.5 Å². The van der Waals surface area contributed by atoms with Gasteiger partial charge in [0, 0.05) is 19.2 Å². The number of methoxy groups -OCH3 is 1. The van der Waals surface area contributed by atoms with Gasteiger partial charge in [-0.1, -0.05) is 18.7 Å². The van der Waals surface area contributed by atoms with Crippen LogP contribution in [-0.2, 0) is 9.59 Å². The number of piperidine rings is 1. The van der Waals surface area contributed by atoms with Crippen LogP contribution in [0, 0.1) is 5.41 Å². The van der Waals surface area contributed by atoms with Gasteiger partial charge >= 0.3 is 5.97 Å². The largest absolute Gasteiger partial charge is 0.493 e. The Labute approximate surface area is 153 Å². The van der Waals surface area contributed by atoms with Crippen molar-refractivity contribution in [3.05, 3.63) is 42.5 Å². The van der Waals surface area contributed by atoms with E-state index in [1.807, 2.05) is 6.07 Å². The van der Waals surface area contributed by atoms with Crippen LogP contribution >= 0.6 is 0 Å². The molecule has 2 rings (SSSR count). The number of hydrogen-bond acceptors (Lipinski definition) is 4. The summed E-state index contributed by atoms with van der Waals surface area (Å²) in [6.07, 6.45) is 5.80. The van der Waals surface area contributed by atoms with Crippen LogP contribution in [-0.4, -0.2) is 48.7 Å². The normalized spacial score (nSPS) is 16.3. The summed E-state index contributed by atoms with van der Waals surface area (Å²) in [5, 5.41) is 9.26. The van der Waals surface area contributed by atoms with Gasteiger partial charge in [0.2, 0.25) is 5.91 Å². The lowest BCUT2D eigenvalue weighted by molar-refractivity contribution is -0.152. The zero-order valence-corrected chi connectivity index (χ0v) is 15.2. The molecule has 1 fully saturated rings. The molecule has 1 N–H and O–H groups in total. The number of carbonyl (C=O) groups excluding carboxylic acids is 1. The highest BCUT2D eigenvalue weighted by Gasteiger charge is 2.37. The quantitative estimate of drug-likeness (QED) is 0.598. The number of likely N-dealkylation sites (tertiary alicyclic amines) is 1. The number of rotatable bonds is 7. The molecule has 6 heteroatoms. The summed E-state index contributed by atoms with van der Waals surface area (Å²) in [6.45, 7) is 6.62. The van der Waals surface area contributed by atoms with Crippen molar-refractivity contribution in [1.29, 1.82) is 0 Å². The second kappa shape index (κ2) is 8.56. The van der Waals surface area contributed by atoms with Gasteiger partial charge in [-0.2, -0.15) is 0 Å². The Bertz CT molecular complexity index is 702. The zero-order chi connectivity index (χ0) is 19.2. The molecule has 1 amide bonds. The third-order valence-corrected chi connectivity index (χ3v) is 4.66. The Morgan fingerprint density at radius 3 is 2.58 bits per heavy atom. The minimum Gasteiger partial charge on any atom is -0.493 e. The molecular formula is C20H25NO5. The minimum atomic E-state index is -0.800. The van der Waals surface area contributed by atoms with Crippen LogP contribution in [0.2, 0.25) is 0 Å².